The van der Waals surface area contributed by atoms with E-state index >= 15 is 0 Å². The number of nitrogens with one attached hydrogen (secondary N) is 2. The van der Waals surface area contributed by atoms with Crippen molar-refractivity contribution < 1.29 is 33.7 Å². The zero-order chi connectivity index (χ0) is 34.6. The minimum atomic E-state index is -0.504. The van der Waals surface area contributed by atoms with Crippen LogP contribution in [0.5, 0.6) is 11.5 Å². The second kappa shape index (κ2) is 18.1. The fourth-order valence-corrected chi connectivity index (χ4v) is 6.45. The van der Waals surface area contributed by atoms with Crippen molar-refractivity contribution in [2.75, 3.05) is 51.1 Å². The van der Waals surface area contributed by atoms with Crippen LogP contribution >= 0.6 is 0 Å². The number of carbonyl (C=O) groups excluding carboxylic acids is 3. The molecule has 0 spiro atoms. The quantitative estimate of drug-likeness (QED) is 0.307. The largest absolute Gasteiger partial charge is 0.497 e. The van der Waals surface area contributed by atoms with Crippen LogP contribution in [0.15, 0.2) is 42.5 Å². The molecule has 0 unspecified atom stereocenters. The Bertz CT molecular complexity index is 1350. The molecule has 4 rings (SSSR count). The number of fused-ring (bicyclic) bond motifs is 1. The van der Waals surface area contributed by atoms with Crippen molar-refractivity contribution in [3.63, 3.8) is 0 Å². The predicted molar refractivity (Wildman–Crippen MR) is 187 cm³/mol. The molecule has 1 heterocycles. The molecule has 4 atom stereocenters. The van der Waals surface area contributed by atoms with E-state index in [1.807, 2.05) is 25.8 Å². The molecule has 4 amide bonds. The van der Waals surface area contributed by atoms with Crippen LogP contribution in [0.1, 0.15) is 82.5 Å². The number of benzene rings is 2. The Labute approximate surface area is 285 Å². The predicted octanol–water partition coefficient (Wildman–Crippen LogP) is 6.17. The second-order valence-corrected chi connectivity index (χ2v) is 13.4. The Morgan fingerprint density at radius 2 is 1.67 bits per heavy atom. The van der Waals surface area contributed by atoms with Gasteiger partial charge in [-0.15, -0.1) is 0 Å². The number of hydrogen-bond acceptors (Lipinski definition) is 7. The maximum absolute atomic E-state index is 14.4. The molecule has 264 valence electrons. The number of anilines is 2. The van der Waals surface area contributed by atoms with Gasteiger partial charge in [0.05, 0.1) is 37.5 Å². The zero-order valence-corrected chi connectivity index (χ0v) is 29.2. The van der Waals surface area contributed by atoms with Crippen LogP contribution in [-0.2, 0) is 9.53 Å². The van der Waals surface area contributed by atoms with Gasteiger partial charge >= 0.3 is 6.03 Å². The molecule has 11 nitrogen and oxygen atoms in total. The first-order chi connectivity index (χ1) is 23.1. The maximum atomic E-state index is 14.4. The molecule has 1 fully saturated rings. The monoisotopic (exact) mass is 666 g/mol. The molecule has 48 heavy (non-hydrogen) atoms. The van der Waals surface area contributed by atoms with Crippen molar-refractivity contribution in [3.8, 4) is 11.5 Å². The summed E-state index contributed by atoms with van der Waals surface area (Å²) in [7, 11) is 3.43. The van der Waals surface area contributed by atoms with Crippen LogP contribution in [0.3, 0.4) is 0 Å². The van der Waals surface area contributed by atoms with Gasteiger partial charge in [0.15, 0.2) is 0 Å². The number of rotatable bonds is 8. The maximum Gasteiger partial charge on any atom is 0.323 e. The molecule has 2 aromatic rings. The van der Waals surface area contributed by atoms with Crippen molar-refractivity contribution in [1.29, 1.82) is 0 Å². The van der Waals surface area contributed by atoms with E-state index in [1.165, 1.54) is 6.42 Å². The lowest BCUT2D eigenvalue weighted by atomic mass is 9.88. The van der Waals surface area contributed by atoms with Crippen molar-refractivity contribution in [2.45, 2.75) is 90.4 Å². The molecule has 0 radical (unpaired) electrons. The summed E-state index contributed by atoms with van der Waals surface area (Å²) in [6.45, 7) is 6.83. The fraction of sp³-hybridized carbons (Fsp3) is 0.595. The number of ether oxygens (including phenoxy) is 3. The first kappa shape index (κ1) is 37.0. The Hall–Kier alpha value is -3.83. The topological polar surface area (TPSA) is 130 Å². The Kier molecular flexibility index (Phi) is 13.9. The first-order valence-corrected chi connectivity index (χ1v) is 17.4. The number of urea groups is 1. The highest BCUT2D eigenvalue weighted by atomic mass is 16.5. The standard InChI is InChI=1S/C37H54N4O7/c1-25-22-41(26(2)24-42)36(44)32-21-30(39-37(45)38-29-14-17-31(46-5)18-15-29)16-19-33(32)48-27(3)11-9-10-20-47-34(25)23-40(4)35(43)28-12-7-6-8-13-28/h14-19,21,25-28,34,42H,6-13,20,22-24H2,1-5H3,(H2,38,39,45)/t25-,26+,27-,34+/m0/s1. The van der Waals surface area contributed by atoms with E-state index in [2.05, 4.69) is 10.6 Å². The number of hydrogen-bond donors (Lipinski definition) is 3. The van der Waals surface area contributed by atoms with Gasteiger partial charge < -0.3 is 39.8 Å². The summed E-state index contributed by atoms with van der Waals surface area (Å²) in [5.41, 5.74) is 1.29. The van der Waals surface area contributed by atoms with Gasteiger partial charge in [0.2, 0.25) is 5.91 Å². The number of likely N-dealkylation sites (N-methyl/N-ethyl adjacent to an activating group) is 1. The summed E-state index contributed by atoms with van der Waals surface area (Å²) < 4.78 is 17.9. The van der Waals surface area contributed by atoms with Crippen LogP contribution in [0, 0.1) is 11.8 Å². The van der Waals surface area contributed by atoms with Gasteiger partial charge in [-0.2, -0.15) is 0 Å². The number of aliphatic hydroxyl groups is 1. The Morgan fingerprint density at radius 3 is 2.35 bits per heavy atom. The molecule has 11 heteroatoms. The molecule has 3 N–H and O–H groups in total. The van der Waals surface area contributed by atoms with Crippen LogP contribution in [0.25, 0.3) is 0 Å². The SMILES string of the molecule is COc1ccc(NC(=O)Nc2ccc3c(c2)C(=O)N([C@H](C)CO)C[C@H](C)[C@@H](CN(C)C(=O)C2CCCCC2)OCCCC[C@H](C)O3)cc1. The highest BCUT2D eigenvalue weighted by Crippen LogP contribution is 2.29. The normalized spacial score (nSPS) is 22.0. The minimum Gasteiger partial charge on any atom is -0.497 e. The third kappa shape index (κ3) is 10.3. The number of nitrogens with zero attached hydrogens (tertiary/aromatic N) is 2. The van der Waals surface area contributed by atoms with Crippen LogP contribution in [-0.4, -0.2) is 91.5 Å². The molecule has 0 aromatic heterocycles. The van der Waals surface area contributed by atoms with Gasteiger partial charge in [0, 0.05) is 50.0 Å². The molecular formula is C37H54N4O7. The lowest BCUT2D eigenvalue weighted by Gasteiger charge is -2.36. The highest BCUT2D eigenvalue weighted by Gasteiger charge is 2.32. The average molecular weight is 667 g/mol. The van der Waals surface area contributed by atoms with E-state index in [0.717, 1.165) is 44.9 Å². The summed E-state index contributed by atoms with van der Waals surface area (Å²) >= 11 is 0. The van der Waals surface area contributed by atoms with Gasteiger partial charge in [-0.3, -0.25) is 9.59 Å². The number of amides is 4. The summed E-state index contributed by atoms with van der Waals surface area (Å²) in [6, 6.07) is 11.0. The average Bonchev–Trinajstić information content (AvgIpc) is 3.09. The molecule has 1 aliphatic heterocycles. The summed E-state index contributed by atoms with van der Waals surface area (Å²) in [5.74, 6) is 0.842. The third-order valence-electron chi connectivity index (χ3n) is 9.44. The van der Waals surface area contributed by atoms with Crippen LogP contribution < -0.4 is 20.1 Å². The van der Waals surface area contributed by atoms with Crippen molar-refractivity contribution >= 4 is 29.2 Å². The zero-order valence-electron chi connectivity index (χ0n) is 29.2. The van der Waals surface area contributed by atoms with E-state index in [9.17, 15) is 19.5 Å². The summed E-state index contributed by atoms with van der Waals surface area (Å²) in [4.78, 5) is 44.1. The third-order valence-corrected chi connectivity index (χ3v) is 9.44. The molecule has 0 bridgehead atoms. The highest BCUT2D eigenvalue weighted by molar-refractivity contribution is 6.02. The molecule has 1 saturated carbocycles. The summed E-state index contributed by atoms with van der Waals surface area (Å²) in [6.07, 6.45) is 7.23. The van der Waals surface area contributed by atoms with E-state index in [4.69, 9.17) is 14.2 Å². The van der Waals surface area contributed by atoms with Crippen LogP contribution in [0.2, 0.25) is 0 Å². The Morgan fingerprint density at radius 1 is 1.00 bits per heavy atom. The Balaban J connectivity index is 1.57. The molecule has 2 aromatic carbocycles. The van der Waals surface area contributed by atoms with Gasteiger partial charge in [-0.1, -0.05) is 26.2 Å². The smallest absolute Gasteiger partial charge is 0.323 e. The van der Waals surface area contributed by atoms with E-state index in [1.54, 1.807) is 61.4 Å². The lowest BCUT2D eigenvalue weighted by molar-refractivity contribution is -0.137. The fourth-order valence-electron chi connectivity index (χ4n) is 6.45. The van der Waals surface area contributed by atoms with Crippen molar-refractivity contribution in [1.82, 2.24) is 9.80 Å². The minimum absolute atomic E-state index is 0.0594. The lowest BCUT2D eigenvalue weighted by Crippen LogP contribution is -2.48. The van der Waals surface area contributed by atoms with Gasteiger partial charge in [-0.25, -0.2) is 4.79 Å². The van der Waals surface area contributed by atoms with E-state index in [0.29, 0.717) is 42.6 Å². The van der Waals surface area contributed by atoms with Gasteiger partial charge in [0.1, 0.15) is 11.5 Å². The van der Waals surface area contributed by atoms with Gasteiger partial charge in [0.25, 0.3) is 5.91 Å². The van der Waals surface area contributed by atoms with Gasteiger partial charge in [-0.05, 0) is 88.4 Å². The molecule has 2 aliphatic rings. The number of methoxy groups -OCH3 is 1. The van der Waals surface area contributed by atoms with E-state index in [-0.39, 0.29) is 48.0 Å². The molecule has 0 saturated heterocycles. The molecular weight excluding hydrogens is 612 g/mol. The van der Waals surface area contributed by atoms with Crippen molar-refractivity contribution in [3.05, 3.63) is 48.0 Å². The summed E-state index contributed by atoms with van der Waals surface area (Å²) in [5, 5.41) is 15.9. The van der Waals surface area contributed by atoms with E-state index < -0.39 is 12.1 Å². The van der Waals surface area contributed by atoms with Crippen LogP contribution in [0.4, 0.5) is 16.2 Å². The number of carbonyl (C=O) groups is 3. The number of aliphatic hydroxyl groups excluding tert-OH is 1. The molecule has 1 aliphatic carbocycles. The van der Waals surface area contributed by atoms with Crippen molar-refractivity contribution in [2.24, 2.45) is 11.8 Å². The first-order valence-electron chi connectivity index (χ1n) is 17.4. The second-order valence-electron chi connectivity index (χ2n) is 13.4.